The molecule has 1 N–H and O–H groups in total. The standard InChI is InChI=1S/C15H9BrCl2O/c16-10-9-15(19,11-5-7-12(17)8-6-11)13-3-1-2-4-14(13)18/h1-8,19H. The van der Waals surface area contributed by atoms with E-state index in [0.717, 1.165) is 0 Å². The van der Waals surface area contributed by atoms with Gasteiger partial charge in [-0.3, -0.25) is 0 Å². The van der Waals surface area contributed by atoms with Gasteiger partial charge >= 0.3 is 0 Å². The molecule has 0 amide bonds. The van der Waals surface area contributed by atoms with Crippen molar-refractivity contribution in [3.63, 3.8) is 0 Å². The van der Waals surface area contributed by atoms with Crippen molar-refractivity contribution in [1.29, 1.82) is 0 Å². The van der Waals surface area contributed by atoms with Gasteiger partial charge in [-0.1, -0.05) is 53.5 Å². The lowest BCUT2D eigenvalue weighted by molar-refractivity contribution is 0.145. The second-order valence-electron chi connectivity index (χ2n) is 3.92. The summed E-state index contributed by atoms with van der Waals surface area (Å²) in [6.07, 6.45) is 0. The fourth-order valence-electron chi connectivity index (χ4n) is 1.81. The minimum atomic E-state index is -1.48. The number of rotatable bonds is 2. The van der Waals surface area contributed by atoms with Crippen molar-refractivity contribution in [3.05, 3.63) is 69.7 Å². The first-order chi connectivity index (χ1) is 9.08. The smallest absolute Gasteiger partial charge is 0.179 e. The Morgan fingerprint density at radius 2 is 1.63 bits per heavy atom. The predicted octanol–water partition coefficient (Wildman–Crippen LogP) is 4.59. The zero-order valence-electron chi connectivity index (χ0n) is 9.70. The quantitative estimate of drug-likeness (QED) is 0.781. The van der Waals surface area contributed by atoms with Crippen LogP contribution in [0.15, 0.2) is 48.5 Å². The average molecular weight is 356 g/mol. The summed E-state index contributed by atoms with van der Waals surface area (Å²) in [6, 6.07) is 13.9. The molecule has 0 spiro atoms. The van der Waals surface area contributed by atoms with Gasteiger partial charge in [0.25, 0.3) is 0 Å². The molecule has 1 unspecified atom stereocenters. The van der Waals surface area contributed by atoms with Crippen molar-refractivity contribution in [2.45, 2.75) is 5.60 Å². The molecule has 0 saturated heterocycles. The maximum Gasteiger partial charge on any atom is 0.179 e. The van der Waals surface area contributed by atoms with Crippen molar-refractivity contribution < 1.29 is 5.11 Å². The average Bonchev–Trinajstić information content (AvgIpc) is 2.40. The van der Waals surface area contributed by atoms with Crippen LogP contribution >= 0.6 is 39.1 Å². The molecule has 0 aliphatic rings. The molecule has 96 valence electrons. The predicted molar refractivity (Wildman–Crippen MR) is 82.6 cm³/mol. The highest BCUT2D eigenvalue weighted by molar-refractivity contribution is 9.12. The van der Waals surface area contributed by atoms with Crippen LogP contribution in [0.4, 0.5) is 0 Å². The van der Waals surface area contributed by atoms with E-state index in [1.807, 2.05) is 0 Å². The van der Waals surface area contributed by atoms with Gasteiger partial charge in [-0.15, -0.1) is 0 Å². The van der Waals surface area contributed by atoms with Gasteiger partial charge in [0, 0.05) is 37.1 Å². The third-order valence-corrected chi connectivity index (χ3v) is 3.53. The minimum Gasteiger partial charge on any atom is -0.369 e. The summed E-state index contributed by atoms with van der Waals surface area (Å²) in [5.41, 5.74) is -0.338. The highest BCUT2D eigenvalue weighted by Crippen LogP contribution is 2.34. The number of halogens is 3. The van der Waals surface area contributed by atoms with E-state index >= 15 is 0 Å². The second kappa shape index (κ2) is 5.98. The summed E-state index contributed by atoms with van der Waals surface area (Å²) in [5, 5.41) is 11.9. The molecule has 4 heteroatoms. The Kier molecular flexibility index (Phi) is 4.54. The lowest BCUT2D eigenvalue weighted by atomic mass is 9.87. The Morgan fingerprint density at radius 3 is 2.21 bits per heavy atom. The van der Waals surface area contributed by atoms with Crippen LogP contribution < -0.4 is 0 Å². The number of aliphatic hydroxyl groups is 1. The summed E-state index contributed by atoms with van der Waals surface area (Å²) < 4.78 is 0. The van der Waals surface area contributed by atoms with Crippen LogP contribution in [0.25, 0.3) is 0 Å². The first-order valence-electron chi connectivity index (χ1n) is 5.44. The van der Waals surface area contributed by atoms with Gasteiger partial charge in [-0.05, 0) is 28.9 Å². The highest BCUT2D eigenvalue weighted by Gasteiger charge is 2.31. The maximum absolute atomic E-state index is 10.9. The molecule has 1 nitrogen and oxygen atoms in total. The molecule has 2 aromatic rings. The van der Waals surface area contributed by atoms with E-state index in [4.69, 9.17) is 23.2 Å². The Morgan fingerprint density at radius 1 is 1.00 bits per heavy atom. The molecule has 0 aliphatic heterocycles. The van der Waals surface area contributed by atoms with Gasteiger partial charge < -0.3 is 5.11 Å². The number of hydrogen-bond donors (Lipinski definition) is 1. The normalized spacial score (nSPS) is 13.3. The van der Waals surface area contributed by atoms with Crippen LogP contribution in [0.3, 0.4) is 0 Å². The topological polar surface area (TPSA) is 20.2 Å². The van der Waals surface area contributed by atoms with E-state index in [0.29, 0.717) is 21.2 Å². The largest absolute Gasteiger partial charge is 0.369 e. The summed E-state index contributed by atoms with van der Waals surface area (Å²) in [5.74, 6) is 2.75. The molecule has 0 bridgehead atoms. The van der Waals surface area contributed by atoms with E-state index < -0.39 is 5.60 Å². The zero-order valence-corrected chi connectivity index (χ0v) is 12.8. The third kappa shape index (κ3) is 2.96. The Bertz CT molecular complexity index is 643. The fraction of sp³-hybridized carbons (Fsp3) is 0.0667. The lowest BCUT2D eigenvalue weighted by Crippen LogP contribution is -2.25. The van der Waals surface area contributed by atoms with Crippen LogP contribution in [0.1, 0.15) is 11.1 Å². The molecular formula is C15H9BrCl2O. The number of hydrogen-bond acceptors (Lipinski definition) is 1. The van der Waals surface area contributed by atoms with E-state index in [1.54, 1.807) is 48.5 Å². The van der Waals surface area contributed by atoms with Crippen LogP contribution in [0.2, 0.25) is 10.0 Å². The summed E-state index contributed by atoms with van der Waals surface area (Å²) in [6.45, 7) is 0. The summed E-state index contributed by atoms with van der Waals surface area (Å²) >= 11 is 15.0. The van der Waals surface area contributed by atoms with Crippen LogP contribution in [-0.4, -0.2) is 5.11 Å². The third-order valence-electron chi connectivity index (χ3n) is 2.75. The van der Waals surface area contributed by atoms with Crippen molar-refractivity contribution >= 4 is 39.1 Å². The van der Waals surface area contributed by atoms with Gasteiger partial charge in [0.1, 0.15) is 0 Å². The molecule has 0 aromatic heterocycles. The second-order valence-corrected chi connectivity index (χ2v) is 5.16. The van der Waals surface area contributed by atoms with Gasteiger partial charge in [0.15, 0.2) is 5.60 Å². The van der Waals surface area contributed by atoms with E-state index in [-0.39, 0.29) is 0 Å². The SMILES string of the molecule is OC(C#CBr)(c1ccc(Cl)cc1)c1ccccc1Cl. The van der Waals surface area contributed by atoms with Crippen molar-refractivity contribution in [3.8, 4) is 10.8 Å². The van der Waals surface area contributed by atoms with E-state index in [2.05, 4.69) is 26.7 Å². The number of benzene rings is 2. The van der Waals surface area contributed by atoms with Gasteiger partial charge in [0.05, 0.1) is 0 Å². The van der Waals surface area contributed by atoms with Gasteiger partial charge in [-0.2, -0.15) is 0 Å². The first-order valence-corrected chi connectivity index (χ1v) is 6.99. The van der Waals surface area contributed by atoms with Crippen molar-refractivity contribution in [2.24, 2.45) is 0 Å². The molecule has 19 heavy (non-hydrogen) atoms. The van der Waals surface area contributed by atoms with E-state index in [9.17, 15) is 5.11 Å². The molecular weight excluding hydrogens is 347 g/mol. The van der Waals surface area contributed by atoms with Gasteiger partial charge in [0.2, 0.25) is 0 Å². The molecule has 2 rings (SSSR count). The van der Waals surface area contributed by atoms with Crippen LogP contribution in [0.5, 0.6) is 0 Å². The van der Waals surface area contributed by atoms with Crippen molar-refractivity contribution in [2.75, 3.05) is 0 Å². The Hall–Kier alpha value is -0.980. The van der Waals surface area contributed by atoms with Crippen molar-refractivity contribution in [1.82, 2.24) is 0 Å². The zero-order chi connectivity index (χ0) is 13.9. The first kappa shape index (κ1) is 14.4. The fourth-order valence-corrected chi connectivity index (χ4v) is 2.49. The highest BCUT2D eigenvalue weighted by atomic mass is 79.9. The molecule has 0 fully saturated rings. The lowest BCUT2D eigenvalue weighted by Gasteiger charge is -2.24. The van der Waals surface area contributed by atoms with E-state index in [1.165, 1.54) is 0 Å². The molecule has 2 aromatic carbocycles. The monoisotopic (exact) mass is 354 g/mol. The molecule has 0 saturated carbocycles. The summed E-state index contributed by atoms with van der Waals surface area (Å²) in [7, 11) is 0. The molecule has 1 atom stereocenters. The molecule has 0 aliphatic carbocycles. The Labute approximate surface area is 130 Å². The Balaban J connectivity index is 2.64. The summed E-state index contributed by atoms with van der Waals surface area (Å²) in [4.78, 5) is 2.57. The molecule has 0 heterocycles. The van der Waals surface area contributed by atoms with Crippen LogP contribution in [0, 0.1) is 10.8 Å². The van der Waals surface area contributed by atoms with Gasteiger partial charge in [-0.25, -0.2) is 0 Å². The van der Waals surface area contributed by atoms with Crippen LogP contribution in [-0.2, 0) is 5.60 Å². The maximum atomic E-state index is 10.9. The molecule has 0 radical (unpaired) electrons. The minimum absolute atomic E-state index is 0.454.